The van der Waals surface area contributed by atoms with Crippen molar-refractivity contribution < 1.29 is 29.4 Å². The highest BCUT2D eigenvalue weighted by molar-refractivity contribution is 6.22. The topological polar surface area (TPSA) is 136 Å². The van der Waals surface area contributed by atoms with Gasteiger partial charge in [0.1, 0.15) is 11.8 Å². The predicted octanol–water partition coefficient (Wildman–Crippen LogP) is 0.657. The predicted molar refractivity (Wildman–Crippen MR) is 93.0 cm³/mol. The van der Waals surface area contributed by atoms with E-state index >= 15 is 0 Å². The number of carboxylic acid groups (broad SMARTS) is 1. The number of carbonyl (C=O) groups is 4. The van der Waals surface area contributed by atoms with Gasteiger partial charge in [-0.3, -0.25) is 19.8 Å². The molecule has 0 spiro atoms. The van der Waals surface area contributed by atoms with Gasteiger partial charge < -0.3 is 10.2 Å². The van der Waals surface area contributed by atoms with E-state index in [4.69, 9.17) is 5.11 Å². The molecule has 2 aromatic carbocycles. The number of hydrazine groups is 1. The Balaban J connectivity index is 1.66. The Morgan fingerprint density at radius 1 is 0.963 bits per heavy atom. The Bertz CT molecular complexity index is 908. The van der Waals surface area contributed by atoms with Gasteiger partial charge in [0, 0.05) is 5.56 Å². The van der Waals surface area contributed by atoms with Crippen LogP contribution in [-0.4, -0.2) is 39.9 Å². The lowest BCUT2D eigenvalue weighted by molar-refractivity contribution is -0.121. The van der Waals surface area contributed by atoms with E-state index in [-0.39, 0.29) is 29.0 Å². The molecule has 0 aliphatic carbocycles. The van der Waals surface area contributed by atoms with Crippen molar-refractivity contribution in [3.05, 3.63) is 59.7 Å². The zero-order valence-electron chi connectivity index (χ0n) is 13.9. The summed E-state index contributed by atoms with van der Waals surface area (Å²) in [5.41, 5.74) is 5.45. The van der Waals surface area contributed by atoms with E-state index in [0.717, 1.165) is 4.90 Å². The lowest BCUT2D eigenvalue weighted by Crippen LogP contribution is -2.48. The van der Waals surface area contributed by atoms with Crippen LogP contribution in [0.15, 0.2) is 48.5 Å². The quantitative estimate of drug-likeness (QED) is 0.449. The molecule has 2 aromatic rings. The SMILES string of the molecule is O=C(O)c1ccc(N2C(=O)C[C@@H](NNC(=O)c3ccc(O)cc3)C2=O)cc1. The van der Waals surface area contributed by atoms with Crippen molar-refractivity contribution in [2.75, 3.05) is 4.90 Å². The molecule has 1 aliphatic heterocycles. The molecule has 0 bridgehead atoms. The number of hydrogen-bond acceptors (Lipinski definition) is 6. The molecule has 0 radical (unpaired) electrons. The van der Waals surface area contributed by atoms with Crippen molar-refractivity contribution >= 4 is 29.4 Å². The van der Waals surface area contributed by atoms with E-state index in [9.17, 15) is 24.3 Å². The monoisotopic (exact) mass is 369 g/mol. The second kappa shape index (κ2) is 7.26. The molecule has 1 atom stereocenters. The van der Waals surface area contributed by atoms with Gasteiger partial charge in [-0.25, -0.2) is 15.1 Å². The maximum atomic E-state index is 12.5. The number of aromatic carboxylic acids is 1. The molecule has 9 nitrogen and oxygen atoms in total. The lowest BCUT2D eigenvalue weighted by atomic mass is 10.2. The average Bonchev–Trinajstić information content (AvgIpc) is 2.94. The molecule has 3 rings (SSSR count). The number of nitrogens with zero attached hydrogens (tertiary/aromatic N) is 1. The van der Waals surface area contributed by atoms with Crippen molar-refractivity contribution in [1.29, 1.82) is 0 Å². The standard InChI is InChI=1S/C18H15N3O6/c22-13-7-3-10(4-8-13)16(24)20-19-14-9-15(23)21(17(14)25)12-5-1-11(2-6-12)18(26)27/h1-8,14,19,22H,9H2,(H,20,24)(H,26,27)/t14-/m1/s1. The van der Waals surface area contributed by atoms with Gasteiger partial charge in [0.2, 0.25) is 5.91 Å². The summed E-state index contributed by atoms with van der Waals surface area (Å²) in [5, 5.41) is 18.1. The smallest absolute Gasteiger partial charge is 0.335 e. The molecule has 1 fully saturated rings. The van der Waals surface area contributed by atoms with Gasteiger partial charge in [-0.15, -0.1) is 0 Å². The number of aromatic hydroxyl groups is 1. The van der Waals surface area contributed by atoms with Crippen LogP contribution in [0.1, 0.15) is 27.1 Å². The first-order valence-electron chi connectivity index (χ1n) is 7.92. The van der Waals surface area contributed by atoms with Crippen LogP contribution in [0.2, 0.25) is 0 Å². The molecule has 1 saturated heterocycles. The number of anilines is 1. The normalized spacial score (nSPS) is 16.4. The molecule has 1 aliphatic rings. The molecule has 138 valence electrons. The number of hydrogen-bond donors (Lipinski definition) is 4. The van der Waals surface area contributed by atoms with Gasteiger partial charge in [-0.05, 0) is 48.5 Å². The van der Waals surface area contributed by atoms with Crippen LogP contribution in [0.4, 0.5) is 5.69 Å². The third-order valence-corrected chi connectivity index (χ3v) is 4.01. The minimum absolute atomic E-state index is 0.0145. The van der Waals surface area contributed by atoms with Gasteiger partial charge >= 0.3 is 5.97 Å². The molecule has 4 N–H and O–H groups in total. The number of carboxylic acids is 1. The van der Waals surface area contributed by atoms with E-state index in [1.54, 1.807) is 0 Å². The lowest BCUT2D eigenvalue weighted by Gasteiger charge is -2.16. The summed E-state index contributed by atoms with van der Waals surface area (Å²) in [6.45, 7) is 0. The first-order valence-corrected chi connectivity index (χ1v) is 7.92. The Morgan fingerprint density at radius 2 is 1.56 bits per heavy atom. The summed E-state index contributed by atoms with van der Waals surface area (Å²) in [7, 11) is 0. The van der Waals surface area contributed by atoms with Gasteiger partial charge in [0.25, 0.3) is 11.8 Å². The van der Waals surface area contributed by atoms with Crippen LogP contribution in [0.25, 0.3) is 0 Å². The fourth-order valence-corrected chi connectivity index (χ4v) is 2.61. The van der Waals surface area contributed by atoms with Gasteiger partial charge in [-0.1, -0.05) is 0 Å². The number of carbonyl (C=O) groups excluding carboxylic acids is 3. The molecule has 0 aromatic heterocycles. The highest BCUT2D eigenvalue weighted by Crippen LogP contribution is 2.23. The van der Waals surface area contributed by atoms with Gasteiger partial charge in [0.15, 0.2) is 0 Å². The molecule has 9 heteroatoms. The zero-order chi connectivity index (χ0) is 19.6. The Hall–Kier alpha value is -3.72. The third-order valence-electron chi connectivity index (χ3n) is 4.01. The molecule has 1 heterocycles. The van der Waals surface area contributed by atoms with E-state index < -0.39 is 29.7 Å². The van der Waals surface area contributed by atoms with Gasteiger partial charge in [-0.2, -0.15) is 0 Å². The fourth-order valence-electron chi connectivity index (χ4n) is 2.61. The molecule has 3 amide bonds. The Kier molecular flexibility index (Phi) is 4.86. The fraction of sp³-hybridized carbons (Fsp3) is 0.111. The summed E-state index contributed by atoms with van der Waals surface area (Å²) in [5.74, 6) is -2.66. The van der Waals surface area contributed by atoms with Crippen LogP contribution < -0.4 is 15.8 Å². The summed E-state index contributed by atoms with van der Waals surface area (Å²) in [6.07, 6.45) is -0.157. The van der Waals surface area contributed by atoms with Crippen molar-refractivity contribution in [1.82, 2.24) is 10.9 Å². The first-order chi connectivity index (χ1) is 12.9. The second-order valence-electron chi connectivity index (χ2n) is 5.82. The summed E-state index contributed by atoms with van der Waals surface area (Å²) in [6, 6.07) is 9.90. The number of amides is 3. The molecule has 0 unspecified atom stereocenters. The molecular weight excluding hydrogens is 354 g/mol. The van der Waals surface area contributed by atoms with Crippen molar-refractivity contribution in [2.24, 2.45) is 0 Å². The average molecular weight is 369 g/mol. The van der Waals surface area contributed by atoms with E-state index in [2.05, 4.69) is 10.9 Å². The maximum absolute atomic E-state index is 12.5. The number of phenols is 1. The summed E-state index contributed by atoms with van der Waals surface area (Å²) in [4.78, 5) is 48.5. The van der Waals surface area contributed by atoms with Crippen molar-refractivity contribution in [3.8, 4) is 5.75 Å². The largest absolute Gasteiger partial charge is 0.508 e. The number of phenolic OH excluding ortho intramolecular Hbond substituents is 1. The number of imide groups is 1. The Morgan fingerprint density at radius 3 is 2.15 bits per heavy atom. The van der Waals surface area contributed by atoms with Crippen molar-refractivity contribution in [3.63, 3.8) is 0 Å². The first kappa shape index (κ1) is 18.1. The highest BCUT2D eigenvalue weighted by Gasteiger charge is 2.39. The number of benzene rings is 2. The molecule has 27 heavy (non-hydrogen) atoms. The third kappa shape index (κ3) is 3.77. The van der Waals surface area contributed by atoms with E-state index in [1.165, 1.54) is 48.5 Å². The van der Waals surface area contributed by atoms with Crippen molar-refractivity contribution in [2.45, 2.75) is 12.5 Å². The van der Waals surface area contributed by atoms with Crippen LogP contribution >= 0.6 is 0 Å². The van der Waals surface area contributed by atoms with E-state index in [0.29, 0.717) is 0 Å². The minimum atomic E-state index is -1.11. The van der Waals surface area contributed by atoms with Crippen LogP contribution in [0.5, 0.6) is 5.75 Å². The maximum Gasteiger partial charge on any atom is 0.335 e. The van der Waals surface area contributed by atoms with Crippen LogP contribution in [0, 0.1) is 0 Å². The summed E-state index contributed by atoms with van der Waals surface area (Å²) >= 11 is 0. The zero-order valence-corrected chi connectivity index (χ0v) is 13.9. The molecule has 0 saturated carbocycles. The Labute approximate surface area is 153 Å². The van der Waals surface area contributed by atoms with Crippen LogP contribution in [-0.2, 0) is 9.59 Å². The summed E-state index contributed by atoms with van der Waals surface area (Å²) < 4.78 is 0. The van der Waals surface area contributed by atoms with Gasteiger partial charge in [0.05, 0.1) is 17.7 Å². The highest BCUT2D eigenvalue weighted by atomic mass is 16.4. The number of nitrogens with one attached hydrogen (secondary N) is 2. The molecular formula is C18H15N3O6. The van der Waals surface area contributed by atoms with Crippen LogP contribution in [0.3, 0.4) is 0 Å². The minimum Gasteiger partial charge on any atom is -0.508 e. The second-order valence-corrected chi connectivity index (χ2v) is 5.82. The number of rotatable bonds is 5. The van der Waals surface area contributed by atoms with E-state index in [1.807, 2.05) is 0 Å².